The van der Waals surface area contributed by atoms with Gasteiger partial charge in [0.05, 0.1) is 6.20 Å². The molecule has 0 bridgehead atoms. The summed E-state index contributed by atoms with van der Waals surface area (Å²) in [6, 6.07) is 1.86. The number of nitrogens with one attached hydrogen (secondary N) is 1. The fraction of sp³-hybridized carbons (Fsp3) is 0.500. The molecule has 2 rings (SSSR count). The minimum absolute atomic E-state index is 0.162. The van der Waals surface area contributed by atoms with E-state index in [9.17, 15) is 4.79 Å². The smallest absolute Gasteiger partial charge is 0.290 e. The molecule has 1 aliphatic heterocycles. The molecular formula is C8H10N2O2S. The summed E-state index contributed by atoms with van der Waals surface area (Å²) in [4.78, 5) is 11.4. The van der Waals surface area contributed by atoms with E-state index in [1.54, 1.807) is 6.07 Å². The van der Waals surface area contributed by atoms with Crippen LogP contribution in [-0.4, -0.2) is 28.6 Å². The van der Waals surface area contributed by atoms with Gasteiger partial charge >= 0.3 is 0 Å². The maximum atomic E-state index is 11.4. The lowest BCUT2D eigenvalue weighted by Crippen LogP contribution is -2.34. The number of rotatable bonds is 2. The molecule has 2 heterocycles. The Balaban J connectivity index is 1.91. The van der Waals surface area contributed by atoms with Gasteiger partial charge in [0.15, 0.2) is 0 Å². The van der Waals surface area contributed by atoms with E-state index in [1.165, 1.54) is 6.20 Å². The first-order chi connectivity index (χ1) is 6.36. The van der Waals surface area contributed by atoms with Crippen molar-refractivity contribution < 1.29 is 9.32 Å². The minimum atomic E-state index is -0.162. The molecule has 0 saturated carbocycles. The van der Waals surface area contributed by atoms with E-state index in [0.717, 1.165) is 17.9 Å². The number of carbonyl (C=O) groups is 1. The SMILES string of the molecule is O=C(NC1CCSC1)c1ccno1. The molecule has 4 nitrogen and oxygen atoms in total. The normalized spacial score (nSPS) is 21.7. The fourth-order valence-electron chi connectivity index (χ4n) is 1.24. The molecule has 0 aliphatic carbocycles. The van der Waals surface area contributed by atoms with Crippen molar-refractivity contribution in [2.75, 3.05) is 11.5 Å². The fourth-order valence-corrected chi connectivity index (χ4v) is 2.39. The lowest BCUT2D eigenvalue weighted by molar-refractivity contribution is 0.0904. The molecular weight excluding hydrogens is 188 g/mol. The molecule has 1 unspecified atom stereocenters. The van der Waals surface area contributed by atoms with Crippen molar-refractivity contribution >= 4 is 17.7 Å². The second kappa shape index (κ2) is 3.83. The second-order valence-corrected chi connectivity index (χ2v) is 4.06. The van der Waals surface area contributed by atoms with Crippen molar-refractivity contribution in [2.45, 2.75) is 12.5 Å². The maximum Gasteiger partial charge on any atom is 0.290 e. The van der Waals surface area contributed by atoms with Gasteiger partial charge in [-0.15, -0.1) is 0 Å². The summed E-state index contributed by atoms with van der Waals surface area (Å²) in [5, 5.41) is 6.36. The predicted octanol–water partition coefficient (Wildman–Crippen LogP) is 0.910. The first-order valence-electron chi connectivity index (χ1n) is 4.15. The summed E-state index contributed by atoms with van der Waals surface area (Å²) in [5.74, 6) is 2.25. The molecule has 0 radical (unpaired) electrons. The zero-order chi connectivity index (χ0) is 9.10. The van der Waals surface area contributed by atoms with Gasteiger partial charge in [0.1, 0.15) is 0 Å². The molecule has 1 aromatic rings. The highest BCUT2D eigenvalue weighted by Gasteiger charge is 2.19. The number of hydrogen-bond donors (Lipinski definition) is 1. The second-order valence-electron chi connectivity index (χ2n) is 2.91. The summed E-state index contributed by atoms with van der Waals surface area (Å²) >= 11 is 1.86. The third-order valence-corrected chi connectivity index (χ3v) is 3.09. The van der Waals surface area contributed by atoms with Gasteiger partial charge in [-0.2, -0.15) is 11.8 Å². The van der Waals surface area contributed by atoms with Crippen molar-refractivity contribution in [1.29, 1.82) is 0 Å². The van der Waals surface area contributed by atoms with Gasteiger partial charge in [-0.1, -0.05) is 5.16 Å². The van der Waals surface area contributed by atoms with Gasteiger partial charge in [0.2, 0.25) is 5.76 Å². The average molecular weight is 198 g/mol. The number of hydrogen-bond acceptors (Lipinski definition) is 4. The van der Waals surface area contributed by atoms with Crippen LogP contribution >= 0.6 is 11.8 Å². The van der Waals surface area contributed by atoms with Crippen LogP contribution in [0.3, 0.4) is 0 Å². The van der Waals surface area contributed by atoms with Gasteiger partial charge < -0.3 is 9.84 Å². The molecule has 13 heavy (non-hydrogen) atoms. The number of thioether (sulfide) groups is 1. The standard InChI is InChI=1S/C8H10N2O2S/c11-8(7-1-3-9-12-7)10-6-2-4-13-5-6/h1,3,6H,2,4-5H2,(H,10,11). The third-order valence-electron chi connectivity index (χ3n) is 1.93. The monoisotopic (exact) mass is 198 g/mol. The van der Waals surface area contributed by atoms with Gasteiger partial charge in [-0.05, 0) is 12.2 Å². The van der Waals surface area contributed by atoms with Crippen molar-refractivity contribution in [1.82, 2.24) is 10.5 Å². The Morgan fingerprint density at radius 3 is 3.31 bits per heavy atom. The van der Waals surface area contributed by atoms with E-state index < -0.39 is 0 Å². The molecule has 1 saturated heterocycles. The van der Waals surface area contributed by atoms with Crippen LogP contribution in [0.15, 0.2) is 16.8 Å². The van der Waals surface area contributed by atoms with Crippen LogP contribution in [0, 0.1) is 0 Å². The molecule has 5 heteroatoms. The van der Waals surface area contributed by atoms with Crippen LogP contribution in [-0.2, 0) is 0 Å². The van der Waals surface area contributed by atoms with E-state index in [4.69, 9.17) is 4.52 Å². The highest BCUT2D eigenvalue weighted by Crippen LogP contribution is 2.17. The lowest BCUT2D eigenvalue weighted by Gasteiger charge is -2.08. The quantitative estimate of drug-likeness (QED) is 0.767. The summed E-state index contributed by atoms with van der Waals surface area (Å²) in [6.45, 7) is 0. The summed E-state index contributed by atoms with van der Waals surface area (Å²) in [5.41, 5.74) is 0. The predicted molar refractivity (Wildman–Crippen MR) is 49.7 cm³/mol. The third kappa shape index (κ3) is 2.03. The lowest BCUT2D eigenvalue weighted by atomic mass is 10.2. The Morgan fingerprint density at radius 1 is 1.77 bits per heavy atom. The van der Waals surface area contributed by atoms with Gasteiger partial charge in [0.25, 0.3) is 5.91 Å². The van der Waals surface area contributed by atoms with Crippen LogP contribution in [0.4, 0.5) is 0 Å². The van der Waals surface area contributed by atoms with E-state index >= 15 is 0 Å². The number of nitrogens with zero attached hydrogens (tertiary/aromatic N) is 1. The van der Waals surface area contributed by atoms with Gasteiger partial charge in [0, 0.05) is 17.9 Å². The Morgan fingerprint density at radius 2 is 2.69 bits per heavy atom. The van der Waals surface area contributed by atoms with Crippen LogP contribution in [0.25, 0.3) is 0 Å². The Bertz CT molecular complexity index is 280. The zero-order valence-corrected chi connectivity index (χ0v) is 7.84. The van der Waals surface area contributed by atoms with Crippen LogP contribution in [0.1, 0.15) is 17.0 Å². The highest BCUT2D eigenvalue weighted by atomic mass is 32.2. The number of aromatic nitrogens is 1. The molecule has 1 fully saturated rings. The van der Waals surface area contributed by atoms with Crippen LogP contribution in [0.5, 0.6) is 0 Å². The molecule has 0 spiro atoms. The molecule has 70 valence electrons. The van der Waals surface area contributed by atoms with E-state index in [2.05, 4.69) is 10.5 Å². The zero-order valence-electron chi connectivity index (χ0n) is 7.03. The Hall–Kier alpha value is -0.970. The molecule has 1 atom stereocenters. The number of amides is 1. The first-order valence-corrected chi connectivity index (χ1v) is 5.31. The maximum absolute atomic E-state index is 11.4. The van der Waals surface area contributed by atoms with Crippen LogP contribution < -0.4 is 5.32 Å². The Kier molecular flexibility index (Phi) is 2.54. The first kappa shape index (κ1) is 8.62. The largest absolute Gasteiger partial charge is 0.351 e. The molecule has 1 aromatic heterocycles. The van der Waals surface area contributed by atoms with Crippen LogP contribution in [0.2, 0.25) is 0 Å². The van der Waals surface area contributed by atoms with Crippen molar-refractivity contribution in [3.63, 3.8) is 0 Å². The highest BCUT2D eigenvalue weighted by molar-refractivity contribution is 7.99. The Labute approximate surface area is 80.1 Å². The van der Waals surface area contributed by atoms with Crippen molar-refractivity contribution in [3.05, 3.63) is 18.0 Å². The molecule has 1 aliphatic rings. The minimum Gasteiger partial charge on any atom is -0.351 e. The average Bonchev–Trinajstić information content (AvgIpc) is 2.74. The number of carbonyl (C=O) groups excluding carboxylic acids is 1. The molecule has 0 aromatic carbocycles. The van der Waals surface area contributed by atoms with Crippen molar-refractivity contribution in [3.8, 4) is 0 Å². The topological polar surface area (TPSA) is 55.1 Å². The summed E-state index contributed by atoms with van der Waals surface area (Å²) in [6.07, 6.45) is 2.52. The summed E-state index contributed by atoms with van der Waals surface area (Å²) in [7, 11) is 0. The van der Waals surface area contributed by atoms with Gasteiger partial charge in [-0.25, -0.2) is 0 Å². The molecule has 1 amide bonds. The summed E-state index contributed by atoms with van der Waals surface area (Å²) < 4.78 is 4.74. The van der Waals surface area contributed by atoms with E-state index in [0.29, 0.717) is 6.04 Å². The van der Waals surface area contributed by atoms with E-state index in [1.807, 2.05) is 11.8 Å². The molecule has 1 N–H and O–H groups in total. The van der Waals surface area contributed by atoms with E-state index in [-0.39, 0.29) is 11.7 Å². The van der Waals surface area contributed by atoms with Gasteiger partial charge in [-0.3, -0.25) is 4.79 Å². The van der Waals surface area contributed by atoms with Crippen molar-refractivity contribution in [2.24, 2.45) is 0 Å².